The first-order chi connectivity index (χ1) is 9.82. The zero-order valence-corrected chi connectivity index (χ0v) is 11.1. The summed E-state index contributed by atoms with van der Waals surface area (Å²) < 4.78 is 44.1. The number of hydrogen-bond donors (Lipinski definition) is 1. The summed E-state index contributed by atoms with van der Waals surface area (Å²) in [5.41, 5.74) is 3.32. The van der Waals surface area contributed by atoms with Crippen molar-refractivity contribution in [1.82, 2.24) is 0 Å². The minimum Gasteiger partial charge on any atom is -0.490 e. The van der Waals surface area contributed by atoms with Crippen LogP contribution in [0.5, 0.6) is 5.75 Å². The van der Waals surface area contributed by atoms with Crippen molar-refractivity contribution in [3.8, 4) is 5.75 Å². The summed E-state index contributed by atoms with van der Waals surface area (Å²) in [7, 11) is 0. The summed E-state index contributed by atoms with van der Waals surface area (Å²) in [5.74, 6) is 0.0906. The Labute approximate surface area is 119 Å². The molecule has 0 spiro atoms. The van der Waals surface area contributed by atoms with Crippen molar-refractivity contribution < 1.29 is 22.8 Å². The number of nitrogens with zero attached hydrogens (tertiary/aromatic N) is 1. The van der Waals surface area contributed by atoms with E-state index in [4.69, 9.17) is 10.5 Å². The van der Waals surface area contributed by atoms with Gasteiger partial charge in [-0.2, -0.15) is 13.2 Å². The zero-order valence-electron chi connectivity index (χ0n) is 11.1. The van der Waals surface area contributed by atoms with E-state index in [1.54, 1.807) is 0 Å². The van der Waals surface area contributed by atoms with Crippen LogP contribution in [0.3, 0.4) is 0 Å². The second-order valence-electron chi connectivity index (χ2n) is 5.02. The van der Waals surface area contributed by atoms with Crippen LogP contribution in [-0.2, 0) is 6.18 Å². The first-order valence-electron chi connectivity index (χ1n) is 6.55. The molecule has 0 aliphatic heterocycles. The second kappa shape index (κ2) is 5.88. The maximum Gasteiger partial charge on any atom is 0.423 e. The highest BCUT2D eigenvalue weighted by Gasteiger charge is 2.39. The van der Waals surface area contributed by atoms with Gasteiger partial charge in [0.25, 0.3) is 5.69 Å². The lowest BCUT2D eigenvalue weighted by molar-refractivity contribution is -0.388. The van der Waals surface area contributed by atoms with Crippen molar-refractivity contribution in [2.75, 3.05) is 6.54 Å². The lowest BCUT2D eigenvalue weighted by atomic mass is 10.1. The van der Waals surface area contributed by atoms with Crippen LogP contribution in [0.15, 0.2) is 18.2 Å². The van der Waals surface area contributed by atoms with Gasteiger partial charge in [0.1, 0.15) is 17.4 Å². The largest absolute Gasteiger partial charge is 0.490 e. The Hall–Kier alpha value is -1.83. The van der Waals surface area contributed by atoms with E-state index in [0.717, 1.165) is 25.3 Å². The van der Waals surface area contributed by atoms with Gasteiger partial charge in [-0.15, -0.1) is 0 Å². The minimum absolute atomic E-state index is 0.0155. The maximum atomic E-state index is 12.9. The monoisotopic (exact) mass is 304 g/mol. The standard InChI is InChI=1S/C13H15F3N2O3/c14-13(15,16)10-6-9(4-5-11(10)18(19)20)21-12-3-1-2-8(12)7-17/h4-6,8,12H,1-3,7,17H2. The quantitative estimate of drug-likeness (QED) is 0.684. The van der Waals surface area contributed by atoms with Crippen molar-refractivity contribution in [3.63, 3.8) is 0 Å². The minimum atomic E-state index is -4.80. The van der Waals surface area contributed by atoms with Crippen LogP contribution < -0.4 is 10.5 Å². The van der Waals surface area contributed by atoms with E-state index in [-0.39, 0.29) is 17.8 Å². The molecule has 0 heterocycles. The number of benzene rings is 1. The Morgan fingerprint density at radius 2 is 2.10 bits per heavy atom. The van der Waals surface area contributed by atoms with E-state index in [0.29, 0.717) is 12.6 Å². The van der Waals surface area contributed by atoms with Gasteiger partial charge in [0, 0.05) is 12.0 Å². The third-order valence-electron chi connectivity index (χ3n) is 3.65. The number of halogens is 3. The van der Waals surface area contributed by atoms with Crippen molar-refractivity contribution in [3.05, 3.63) is 33.9 Å². The molecule has 0 radical (unpaired) electrons. The SMILES string of the molecule is NCC1CCCC1Oc1ccc([N+](=O)[O-])c(C(F)(F)F)c1. The summed E-state index contributed by atoms with van der Waals surface area (Å²) in [4.78, 5) is 9.62. The van der Waals surface area contributed by atoms with E-state index in [1.807, 2.05) is 0 Å². The third kappa shape index (κ3) is 3.44. The van der Waals surface area contributed by atoms with Crippen molar-refractivity contribution in [2.24, 2.45) is 11.7 Å². The van der Waals surface area contributed by atoms with E-state index >= 15 is 0 Å². The number of ether oxygens (including phenoxy) is 1. The molecule has 1 aliphatic rings. The summed E-state index contributed by atoms with van der Waals surface area (Å²) in [6.07, 6.45) is -2.53. The molecule has 1 saturated carbocycles. The average Bonchev–Trinajstić information content (AvgIpc) is 2.84. The van der Waals surface area contributed by atoms with Crippen LogP contribution in [-0.4, -0.2) is 17.6 Å². The van der Waals surface area contributed by atoms with Gasteiger partial charge in [0.05, 0.1) is 4.92 Å². The van der Waals surface area contributed by atoms with E-state index in [2.05, 4.69) is 0 Å². The molecular weight excluding hydrogens is 289 g/mol. The van der Waals surface area contributed by atoms with Gasteiger partial charge in [0.15, 0.2) is 0 Å². The highest BCUT2D eigenvalue weighted by molar-refractivity contribution is 5.47. The lowest BCUT2D eigenvalue weighted by Crippen LogP contribution is -2.27. The Balaban J connectivity index is 2.27. The van der Waals surface area contributed by atoms with Gasteiger partial charge >= 0.3 is 6.18 Å². The summed E-state index contributed by atoms with van der Waals surface area (Å²) >= 11 is 0. The van der Waals surface area contributed by atoms with Crippen LogP contribution in [0.1, 0.15) is 24.8 Å². The molecule has 116 valence electrons. The van der Waals surface area contributed by atoms with Gasteiger partial charge in [-0.3, -0.25) is 10.1 Å². The molecule has 0 amide bonds. The highest BCUT2D eigenvalue weighted by atomic mass is 19.4. The summed E-state index contributed by atoms with van der Waals surface area (Å²) in [6, 6.07) is 2.70. The van der Waals surface area contributed by atoms with Crippen molar-refractivity contribution in [1.29, 1.82) is 0 Å². The Morgan fingerprint density at radius 3 is 2.67 bits per heavy atom. The van der Waals surface area contributed by atoms with Gasteiger partial charge in [-0.05, 0) is 37.9 Å². The van der Waals surface area contributed by atoms with Gasteiger partial charge in [-0.1, -0.05) is 0 Å². The first kappa shape index (κ1) is 15.6. The molecule has 1 aliphatic carbocycles. The van der Waals surface area contributed by atoms with Gasteiger partial charge in [0.2, 0.25) is 0 Å². The number of nitro groups is 1. The normalized spacial score (nSPS) is 22.3. The predicted molar refractivity (Wildman–Crippen MR) is 68.9 cm³/mol. The molecule has 0 aromatic heterocycles. The molecule has 2 N–H and O–H groups in total. The van der Waals surface area contributed by atoms with Crippen LogP contribution >= 0.6 is 0 Å². The fraction of sp³-hybridized carbons (Fsp3) is 0.538. The topological polar surface area (TPSA) is 78.4 Å². The highest BCUT2D eigenvalue weighted by Crippen LogP contribution is 2.39. The fourth-order valence-corrected chi connectivity index (χ4v) is 2.58. The molecule has 2 unspecified atom stereocenters. The smallest absolute Gasteiger partial charge is 0.423 e. The maximum absolute atomic E-state index is 12.9. The number of alkyl halides is 3. The first-order valence-corrected chi connectivity index (χ1v) is 6.55. The number of nitrogens with two attached hydrogens (primary N) is 1. The van der Waals surface area contributed by atoms with Crippen LogP contribution in [0.4, 0.5) is 18.9 Å². The Morgan fingerprint density at radius 1 is 1.38 bits per heavy atom. The molecule has 1 fully saturated rings. The molecule has 21 heavy (non-hydrogen) atoms. The van der Waals surface area contributed by atoms with E-state index in [9.17, 15) is 23.3 Å². The molecule has 1 aromatic carbocycles. The Bertz CT molecular complexity index is 534. The van der Waals surface area contributed by atoms with Crippen molar-refractivity contribution >= 4 is 5.69 Å². The van der Waals surface area contributed by atoms with Gasteiger partial charge < -0.3 is 10.5 Å². The molecule has 2 rings (SSSR count). The van der Waals surface area contributed by atoms with Crippen LogP contribution in [0.2, 0.25) is 0 Å². The average molecular weight is 304 g/mol. The Kier molecular flexibility index (Phi) is 4.36. The number of rotatable bonds is 4. The molecule has 5 nitrogen and oxygen atoms in total. The second-order valence-corrected chi connectivity index (χ2v) is 5.02. The molecule has 0 saturated heterocycles. The molecule has 8 heteroatoms. The molecule has 2 atom stereocenters. The van der Waals surface area contributed by atoms with Crippen molar-refractivity contribution in [2.45, 2.75) is 31.5 Å². The van der Waals surface area contributed by atoms with Gasteiger partial charge in [-0.25, -0.2) is 0 Å². The molecular formula is C13H15F3N2O3. The summed E-state index contributed by atoms with van der Waals surface area (Å²) in [5, 5.41) is 10.7. The molecule has 1 aromatic rings. The van der Waals surface area contributed by atoms with E-state index < -0.39 is 22.4 Å². The number of nitro benzene ring substituents is 1. The van der Waals surface area contributed by atoms with Crippen LogP contribution in [0, 0.1) is 16.0 Å². The van der Waals surface area contributed by atoms with Crippen LogP contribution in [0.25, 0.3) is 0 Å². The summed E-state index contributed by atoms with van der Waals surface area (Å²) in [6.45, 7) is 0.407. The number of hydrogen-bond acceptors (Lipinski definition) is 4. The van der Waals surface area contributed by atoms with E-state index in [1.165, 1.54) is 6.07 Å². The fourth-order valence-electron chi connectivity index (χ4n) is 2.58. The molecule has 0 bridgehead atoms. The zero-order chi connectivity index (χ0) is 15.6. The predicted octanol–water partition coefficient (Wildman–Crippen LogP) is 3.12. The third-order valence-corrected chi connectivity index (χ3v) is 3.65. The lowest BCUT2D eigenvalue weighted by Gasteiger charge is -2.20.